The van der Waals surface area contributed by atoms with Gasteiger partial charge in [0, 0.05) is 44.2 Å². The number of anilines is 2. The summed E-state index contributed by atoms with van der Waals surface area (Å²) in [6, 6.07) is 8.12. The van der Waals surface area contributed by atoms with Crippen molar-refractivity contribution in [3.63, 3.8) is 0 Å². The van der Waals surface area contributed by atoms with Crippen LogP contribution < -0.4 is 25.6 Å². The molecule has 8 rings (SSSR count). The van der Waals surface area contributed by atoms with Crippen LogP contribution in [0.25, 0.3) is 32.9 Å². The smallest absolute Gasteiger partial charge is 0.226 e. The van der Waals surface area contributed by atoms with Crippen LogP contribution in [-0.2, 0) is 4.79 Å². The fourth-order valence-corrected chi connectivity index (χ4v) is 6.47. The maximum absolute atomic E-state index is 16.8. The fraction of sp³-hybridized carbons (Fsp3) is 0.333. The van der Waals surface area contributed by atoms with E-state index < -0.39 is 11.6 Å². The molecule has 214 valence electrons. The number of amides is 1. The fourth-order valence-electron chi connectivity index (χ4n) is 6.47. The van der Waals surface area contributed by atoms with Crippen molar-refractivity contribution < 1.29 is 23.4 Å². The van der Waals surface area contributed by atoms with Crippen LogP contribution >= 0.6 is 0 Å². The molecule has 4 N–H and O–H groups in total. The second-order valence-corrected chi connectivity index (χ2v) is 10.9. The number of benzene rings is 2. The molecule has 0 saturated carbocycles. The zero-order valence-corrected chi connectivity index (χ0v) is 22.9. The topological polar surface area (TPSA) is 135 Å². The highest BCUT2D eigenvalue weighted by atomic mass is 19.1. The molecule has 0 spiro atoms. The van der Waals surface area contributed by atoms with Gasteiger partial charge in [0.2, 0.25) is 11.8 Å². The van der Waals surface area contributed by atoms with Crippen LogP contribution in [0.3, 0.4) is 0 Å². The second kappa shape index (κ2) is 9.66. The molecule has 1 amide bonds. The molecular weight excluding hydrogens is 544 g/mol. The number of nitriles is 1. The van der Waals surface area contributed by atoms with E-state index in [4.69, 9.17) is 4.74 Å². The van der Waals surface area contributed by atoms with Crippen LogP contribution in [-0.4, -0.2) is 65.9 Å². The van der Waals surface area contributed by atoms with E-state index in [2.05, 4.69) is 36.9 Å². The number of hydrogen-bond donors (Lipinski definition) is 4. The summed E-state index contributed by atoms with van der Waals surface area (Å²) in [6.45, 7) is 2.59. The Hall–Kier alpha value is -4.76. The Kier molecular flexibility index (Phi) is 6.02. The predicted molar refractivity (Wildman–Crippen MR) is 153 cm³/mol. The Labute approximate surface area is 239 Å². The summed E-state index contributed by atoms with van der Waals surface area (Å²) in [5.74, 6) is -1.36. The lowest BCUT2D eigenvalue weighted by Crippen LogP contribution is -2.73. The summed E-state index contributed by atoms with van der Waals surface area (Å²) in [6.07, 6.45) is 1.08. The molecule has 3 saturated heterocycles. The average Bonchev–Trinajstić information content (AvgIpc) is 3.13. The largest absolute Gasteiger partial charge is 0.508 e. The third-order valence-corrected chi connectivity index (χ3v) is 8.55. The summed E-state index contributed by atoms with van der Waals surface area (Å²) in [5, 5.41) is 31.2. The lowest BCUT2D eigenvalue weighted by molar-refractivity contribution is -0.120. The first-order valence-electron chi connectivity index (χ1n) is 13.8. The van der Waals surface area contributed by atoms with Crippen molar-refractivity contribution in [2.75, 3.05) is 37.0 Å². The molecule has 2 aromatic carbocycles. The van der Waals surface area contributed by atoms with Gasteiger partial charge in [-0.3, -0.25) is 4.79 Å². The van der Waals surface area contributed by atoms with Gasteiger partial charge >= 0.3 is 0 Å². The summed E-state index contributed by atoms with van der Waals surface area (Å²) >= 11 is 0. The Morgan fingerprint density at radius 3 is 2.86 bits per heavy atom. The van der Waals surface area contributed by atoms with E-state index in [0.717, 1.165) is 6.42 Å². The molecular formula is C30H27F2N7O3. The number of hydrogen-bond acceptors (Lipinski definition) is 9. The van der Waals surface area contributed by atoms with Crippen molar-refractivity contribution in [1.82, 2.24) is 20.6 Å². The maximum Gasteiger partial charge on any atom is 0.226 e. The number of nitrogens with zero attached hydrogens (tertiary/aromatic N) is 4. The van der Waals surface area contributed by atoms with Crippen LogP contribution in [0.5, 0.6) is 11.6 Å². The number of pyridine rings is 2. The first kappa shape index (κ1) is 26.2. The molecule has 4 aliphatic rings. The maximum atomic E-state index is 16.8. The molecule has 42 heavy (non-hydrogen) atoms. The monoisotopic (exact) mass is 571 g/mol. The Morgan fingerprint density at radius 2 is 2.10 bits per heavy atom. The summed E-state index contributed by atoms with van der Waals surface area (Å²) < 4.78 is 37.7. The van der Waals surface area contributed by atoms with Crippen LogP contribution in [0, 0.1) is 29.9 Å². The van der Waals surface area contributed by atoms with E-state index in [-0.39, 0.29) is 94.3 Å². The molecule has 6 heterocycles. The Bertz CT molecular complexity index is 1850. The highest BCUT2D eigenvalue weighted by Crippen LogP contribution is 2.47. The molecule has 3 atom stereocenters. The minimum absolute atomic E-state index is 0.0788. The number of fused-ring (bicyclic) bond motifs is 1. The number of carbonyl (C=O) groups is 1. The van der Waals surface area contributed by atoms with Gasteiger partial charge in [0.05, 0.1) is 17.1 Å². The van der Waals surface area contributed by atoms with Gasteiger partial charge in [-0.05, 0) is 47.9 Å². The number of phenols is 1. The number of aromatic nitrogens is 2. The highest BCUT2D eigenvalue weighted by Gasteiger charge is 2.47. The minimum Gasteiger partial charge on any atom is -0.508 e. The normalized spacial score (nSPS) is 20.3. The zero-order valence-electron chi connectivity index (χ0n) is 22.9. The van der Waals surface area contributed by atoms with Crippen molar-refractivity contribution in [1.29, 1.82) is 5.26 Å². The lowest BCUT2D eigenvalue weighted by atomic mass is 9.84. The van der Waals surface area contributed by atoms with E-state index >= 15 is 4.39 Å². The van der Waals surface area contributed by atoms with Gasteiger partial charge in [0.25, 0.3) is 0 Å². The van der Waals surface area contributed by atoms with Gasteiger partial charge in [0.1, 0.15) is 46.8 Å². The van der Waals surface area contributed by atoms with Crippen LogP contribution in [0.1, 0.15) is 24.0 Å². The van der Waals surface area contributed by atoms with Crippen molar-refractivity contribution in [3.05, 3.63) is 47.0 Å². The molecule has 12 heteroatoms. The van der Waals surface area contributed by atoms with Crippen LogP contribution in [0.15, 0.2) is 24.3 Å². The third kappa shape index (κ3) is 3.88. The van der Waals surface area contributed by atoms with E-state index in [0.29, 0.717) is 23.0 Å². The Balaban J connectivity index is 1.51. The molecule has 0 radical (unpaired) electrons. The van der Waals surface area contributed by atoms with Gasteiger partial charge in [-0.15, -0.1) is 0 Å². The summed E-state index contributed by atoms with van der Waals surface area (Å²) in [5.41, 5.74) is 0.933. The third-order valence-electron chi connectivity index (χ3n) is 8.55. The minimum atomic E-state index is -0.799. The number of carbonyl (C=O) groups excluding carboxylic acids is 1. The molecule has 3 fully saturated rings. The van der Waals surface area contributed by atoms with Gasteiger partial charge in [-0.1, -0.05) is 6.07 Å². The zero-order chi connectivity index (χ0) is 29.3. The number of piperazine rings is 1. The van der Waals surface area contributed by atoms with E-state index in [1.54, 1.807) is 6.92 Å². The number of rotatable bonds is 5. The number of aromatic hydroxyl groups is 1. The van der Waals surface area contributed by atoms with Crippen molar-refractivity contribution in [3.8, 4) is 29.0 Å². The van der Waals surface area contributed by atoms with E-state index in [1.165, 1.54) is 31.3 Å². The molecule has 4 aliphatic heterocycles. The first-order valence-corrected chi connectivity index (χ1v) is 13.8. The van der Waals surface area contributed by atoms with Gasteiger partial charge in [0.15, 0.2) is 5.82 Å². The van der Waals surface area contributed by atoms with Gasteiger partial charge in [-0.25, -0.2) is 18.7 Å². The van der Waals surface area contributed by atoms with Crippen LogP contribution in [0.4, 0.5) is 20.3 Å². The molecule has 0 aliphatic carbocycles. The van der Waals surface area contributed by atoms with Gasteiger partial charge in [-0.2, -0.15) is 5.26 Å². The molecule has 3 unspecified atom stereocenters. The van der Waals surface area contributed by atoms with E-state index in [1.807, 2.05) is 0 Å². The number of ether oxygens (including phenoxy) is 1. The van der Waals surface area contributed by atoms with Crippen molar-refractivity contribution in [2.45, 2.75) is 37.9 Å². The summed E-state index contributed by atoms with van der Waals surface area (Å²) in [7, 11) is 1.53. The first-order chi connectivity index (χ1) is 20.3. The number of halogens is 2. The average molecular weight is 572 g/mol. The lowest BCUT2D eigenvalue weighted by Gasteiger charge is -2.54. The number of piperidine rings is 1. The quantitative estimate of drug-likeness (QED) is 0.284. The molecule has 2 aromatic heterocycles. The second-order valence-electron chi connectivity index (χ2n) is 10.9. The molecule has 10 nitrogen and oxygen atoms in total. The van der Waals surface area contributed by atoms with Gasteiger partial charge < -0.3 is 30.7 Å². The number of phenolic OH excluding ortho intramolecular Hbond substituents is 1. The number of nitrogens with one attached hydrogen (secondary N) is 3. The van der Waals surface area contributed by atoms with E-state index in [9.17, 15) is 19.6 Å². The molecule has 2 bridgehead atoms. The highest BCUT2D eigenvalue weighted by molar-refractivity contribution is 6.06. The SMILES string of the molecule is CNC(=O)CCNc1nc2c(F)c(-c3cc(O)cc4ccc(F)c(C)c34)nc3c2c(c1C#N)N1CC2CC(N2)C1CO3. The Morgan fingerprint density at radius 1 is 1.29 bits per heavy atom. The summed E-state index contributed by atoms with van der Waals surface area (Å²) in [4.78, 5) is 23.2. The van der Waals surface area contributed by atoms with Crippen LogP contribution in [0.2, 0.25) is 0 Å². The number of aryl methyl sites for hydroxylation is 1. The van der Waals surface area contributed by atoms with Crippen molar-refractivity contribution >= 4 is 39.1 Å². The molecule has 4 aromatic rings. The predicted octanol–water partition coefficient (Wildman–Crippen LogP) is 3.47. The van der Waals surface area contributed by atoms with Crippen molar-refractivity contribution in [2.24, 2.45) is 0 Å². The standard InChI is InChI=1S/C30H27F2N7O3/c1-13-19(31)4-3-14-7-16(40)9-17(23(13)14)26-25(32)27-24-28(18(10-33)29(37-27)35-6-5-22(41)34-2)39-11-15-8-20(36-15)21(39)12-42-30(24)38-26/h3-4,7,9,15,20-21,36,40H,5-6,8,11-12H2,1-2H3,(H,34,41)(H,35,37).